The zero-order valence-electron chi connectivity index (χ0n) is 16.1. The monoisotopic (exact) mass is 358 g/mol. The highest BCUT2D eigenvalue weighted by molar-refractivity contribution is 6.12. The topological polar surface area (TPSA) is 52.6 Å². The first-order valence-electron chi connectivity index (χ1n) is 10.8. The molecule has 0 radical (unpaired) electrons. The van der Waals surface area contributed by atoms with E-state index in [9.17, 15) is 9.59 Å². The van der Waals surface area contributed by atoms with Crippen LogP contribution in [-0.4, -0.2) is 26.2 Å². The molecule has 0 amide bonds. The normalized spacial score (nSPS) is 57.8. The molecule has 4 heteroatoms. The molecule has 0 bridgehead atoms. The lowest BCUT2D eigenvalue weighted by Crippen LogP contribution is -2.57. The van der Waals surface area contributed by atoms with Crippen molar-refractivity contribution in [2.75, 3.05) is 14.2 Å². The molecule has 7 rings (SSSR count). The van der Waals surface area contributed by atoms with E-state index in [0.717, 1.165) is 25.7 Å². The minimum Gasteiger partial charge on any atom is -0.469 e. The van der Waals surface area contributed by atoms with Gasteiger partial charge in [0.25, 0.3) is 0 Å². The second-order valence-corrected chi connectivity index (χ2v) is 9.93. The quantitative estimate of drug-likeness (QED) is 0.700. The summed E-state index contributed by atoms with van der Waals surface area (Å²) >= 11 is 0. The van der Waals surface area contributed by atoms with E-state index in [-0.39, 0.29) is 33.6 Å². The van der Waals surface area contributed by atoms with Crippen LogP contribution in [0.2, 0.25) is 0 Å². The van der Waals surface area contributed by atoms with Crippen LogP contribution in [0, 0.1) is 32.5 Å². The highest BCUT2D eigenvalue weighted by Gasteiger charge is 3.39. The first-order chi connectivity index (χ1) is 12.6. The van der Waals surface area contributed by atoms with E-state index in [0.29, 0.717) is 0 Å². The van der Waals surface area contributed by atoms with Crippen LogP contribution in [0.5, 0.6) is 0 Å². The van der Waals surface area contributed by atoms with E-state index < -0.39 is 10.8 Å². The molecule has 7 saturated carbocycles. The average molecular weight is 358 g/mol. The third-order valence-corrected chi connectivity index (χ3v) is 10.6. The molecule has 0 heterocycles. The molecule has 7 aliphatic carbocycles. The Morgan fingerprint density at radius 2 is 0.808 bits per heavy atom. The van der Waals surface area contributed by atoms with Gasteiger partial charge in [0, 0.05) is 21.7 Å². The largest absolute Gasteiger partial charge is 0.469 e. The minimum atomic E-state index is -0.538. The Bertz CT molecular complexity index is 624. The number of rotatable bonds is 2. The van der Waals surface area contributed by atoms with Crippen molar-refractivity contribution in [3.8, 4) is 0 Å². The van der Waals surface area contributed by atoms with E-state index in [2.05, 4.69) is 0 Å². The van der Waals surface area contributed by atoms with Crippen molar-refractivity contribution in [3.05, 3.63) is 0 Å². The van der Waals surface area contributed by atoms with Gasteiger partial charge in [-0.15, -0.1) is 0 Å². The standard InChI is InChI=1S/C22H30O4/c1-25-15(23)21-17-11-7-3-5-9-13-19(17)20(22(19,21)16(24)26-2)14-10-6-4-8-12-18(17,20)21/h3-14H2,1-2H3. The summed E-state index contributed by atoms with van der Waals surface area (Å²) in [5, 5.41) is 0. The van der Waals surface area contributed by atoms with Gasteiger partial charge in [0.05, 0.1) is 25.0 Å². The predicted molar refractivity (Wildman–Crippen MR) is 94.0 cm³/mol. The summed E-state index contributed by atoms with van der Waals surface area (Å²) in [6, 6.07) is 0. The number of methoxy groups -OCH3 is 2. The van der Waals surface area contributed by atoms with Gasteiger partial charge >= 0.3 is 11.9 Å². The molecule has 0 N–H and O–H groups in total. The number of esters is 2. The summed E-state index contributed by atoms with van der Waals surface area (Å²) in [5.41, 5.74) is -0.830. The van der Waals surface area contributed by atoms with E-state index >= 15 is 0 Å². The van der Waals surface area contributed by atoms with Crippen LogP contribution in [0.25, 0.3) is 0 Å². The molecule has 7 fully saturated rings. The van der Waals surface area contributed by atoms with E-state index in [1.54, 1.807) is 0 Å². The second kappa shape index (κ2) is 4.17. The molecular weight excluding hydrogens is 328 g/mol. The summed E-state index contributed by atoms with van der Waals surface area (Å²) in [5.74, 6) is -0.180. The Hall–Kier alpha value is -1.06. The Morgan fingerprint density at radius 3 is 1.04 bits per heavy atom. The van der Waals surface area contributed by atoms with Gasteiger partial charge in [-0.25, -0.2) is 0 Å². The third-order valence-electron chi connectivity index (χ3n) is 10.6. The van der Waals surface area contributed by atoms with Gasteiger partial charge in [-0.2, -0.15) is 0 Å². The van der Waals surface area contributed by atoms with Crippen LogP contribution in [0.3, 0.4) is 0 Å². The smallest absolute Gasteiger partial charge is 0.314 e. The number of carbonyl (C=O) groups is 2. The fourth-order valence-corrected chi connectivity index (χ4v) is 11.3. The molecule has 142 valence electrons. The third kappa shape index (κ3) is 0.851. The zero-order valence-corrected chi connectivity index (χ0v) is 16.1. The van der Waals surface area contributed by atoms with Gasteiger partial charge in [-0.3, -0.25) is 9.59 Å². The number of ether oxygens (including phenoxy) is 2. The summed E-state index contributed by atoms with van der Waals surface area (Å²) < 4.78 is 10.8. The first-order valence-corrected chi connectivity index (χ1v) is 10.8. The molecular formula is C22H30O4. The molecule has 0 saturated heterocycles. The van der Waals surface area contributed by atoms with Crippen LogP contribution in [0.15, 0.2) is 0 Å². The maximum atomic E-state index is 13.3. The number of hydrogen-bond acceptors (Lipinski definition) is 4. The number of hydrogen-bond donors (Lipinski definition) is 0. The lowest BCUT2D eigenvalue weighted by atomic mass is 9.50. The van der Waals surface area contributed by atoms with Crippen molar-refractivity contribution >= 4 is 11.9 Å². The number of carbonyl (C=O) groups excluding carboxylic acids is 2. The van der Waals surface area contributed by atoms with Crippen molar-refractivity contribution in [1.29, 1.82) is 0 Å². The SMILES string of the molecule is COC(=O)C12C34CCCCCCC35C3(CCCCCCC431)C52C(=O)OC. The molecule has 26 heavy (non-hydrogen) atoms. The Balaban J connectivity index is 1.59. The van der Waals surface area contributed by atoms with Crippen molar-refractivity contribution in [2.45, 2.75) is 77.0 Å². The van der Waals surface area contributed by atoms with Crippen LogP contribution >= 0.6 is 0 Å². The van der Waals surface area contributed by atoms with Crippen molar-refractivity contribution in [2.24, 2.45) is 32.5 Å². The Labute approximate surface area is 155 Å². The second-order valence-electron chi connectivity index (χ2n) is 9.93. The molecule has 0 unspecified atom stereocenters. The fraction of sp³-hybridized carbons (Fsp3) is 0.909. The predicted octanol–water partition coefficient (Wildman–Crippen LogP) is 4.01. The van der Waals surface area contributed by atoms with Gasteiger partial charge in [0.1, 0.15) is 0 Å². The summed E-state index contributed by atoms with van der Waals surface area (Å²) in [6.45, 7) is 0. The van der Waals surface area contributed by atoms with Crippen LogP contribution in [0.4, 0.5) is 0 Å². The highest BCUT2D eigenvalue weighted by Crippen LogP contribution is 3.35. The minimum absolute atomic E-state index is 0.0616. The molecule has 4 spiro atoms. The fourth-order valence-electron chi connectivity index (χ4n) is 11.3. The maximum Gasteiger partial charge on any atom is 0.314 e. The van der Waals surface area contributed by atoms with Crippen LogP contribution in [-0.2, 0) is 19.1 Å². The van der Waals surface area contributed by atoms with Crippen molar-refractivity contribution in [1.82, 2.24) is 0 Å². The van der Waals surface area contributed by atoms with Crippen LogP contribution < -0.4 is 0 Å². The highest BCUT2D eigenvalue weighted by atomic mass is 16.5. The Morgan fingerprint density at radius 1 is 0.538 bits per heavy atom. The van der Waals surface area contributed by atoms with Gasteiger partial charge in [0.2, 0.25) is 0 Å². The average Bonchev–Trinajstić information content (AvgIpc) is 3.24. The zero-order chi connectivity index (χ0) is 18.1. The van der Waals surface area contributed by atoms with Crippen molar-refractivity contribution in [3.63, 3.8) is 0 Å². The molecule has 0 aromatic heterocycles. The van der Waals surface area contributed by atoms with Crippen LogP contribution in [0.1, 0.15) is 77.0 Å². The van der Waals surface area contributed by atoms with Gasteiger partial charge in [-0.1, -0.05) is 51.4 Å². The van der Waals surface area contributed by atoms with E-state index in [4.69, 9.17) is 9.47 Å². The first kappa shape index (κ1) is 15.9. The lowest BCUT2D eigenvalue weighted by molar-refractivity contribution is -0.186. The van der Waals surface area contributed by atoms with E-state index in [1.807, 2.05) is 0 Å². The molecule has 4 nitrogen and oxygen atoms in total. The lowest BCUT2D eigenvalue weighted by Gasteiger charge is -2.52. The van der Waals surface area contributed by atoms with Gasteiger partial charge in [0.15, 0.2) is 0 Å². The maximum absolute atomic E-state index is 13.3. The molecule has 0 atom stereocenters. The molecule has 0 aliphatic heterocycles. The van der Waals surface area contributed by atoms with Gasteiger partial charge < -0.3 is 9.47 Å². The summed E-state index contributed by atoms with van der Waals surface area (Å²) in [6.07, 6.45) is 14.4. The molecule has 7 aliphatic rings. The van der Waals surface area contributed by atoms with Gasteiger partial charge in [-0.05, 0) is 25.7 Å². The molecule has 0 aromatic rings. The molecule has 0 aromatic carbocycles. The van der Waals surface area contributed by atoms with Crippen molar-refractivity contribution < 1.29 is 19.1 Å². The summed E-state index contributed by atoms with van der Waals surface area (Å²) in [7, 11) is 3.03. The Kier molecular flexibility index (Phi) is 2.56. The summed E-state index contributed by atoms with van der Waals surface area (Å²) in [4.78, 5) is 26.6. The van der Waals surface area contributed by atoms with E-state index in [1.165, 1.54) is 65.6 Å².